The van der Waals surface area contributed by atoms with Crippen LogP contribution in [-0.2, 0) is 20.9 Å². The van der Waals surface area contributed by atoms with Gasteiger partial charge < -0.3 is 24.8 Å². The number of ether oxygens (including phenoxy) is 2. The van der Waals surface area contributed by atoms with Crippen molar-refractivity contribution < 1.29 is 24.2 Å². The Labute approximate surface area is 141 Å². The molecule has 2 rings (SSSR count). The van der Waals surface area contributed by atoms with Gasteiger partial charge in [-0.05, 0) is 17.7 Å². The van der Waals surface area contributed by atoms with Crippen LogP contribution in [0.25, 0.3) is 0 Å². The zero-order chi connectivity index (χ0) is 17.6. The lowest BCUT2D eigenvalue weighted by molar-refractivity contribution is -0.128. The molecule has 0 saturated carbocycles. The van der Waals surface area contributed by atoms with Gasteiger partial charge in [0.25, 0.3) is 5.91 Å². The second-order valence-corrected chi connectivity index (χ2v) is 5.99. The average molecular weight is 336 g/mol. The number of rotatable bonds is 5. The second kappa shape index (κ2) is 8.23. The second-order valence-electron chi connectivity index (χ2n) is 5.99. The summed E-state index contributed by atoms with van der Waals surface area (Å²) in [5.41, 5.74) is 0.0277. The molecule has 0 bridgehead atoms. The van der Waals surface area contributed by atoms with Crippen molar-refractivity contribution in [1.29, 1.82) is 0 Å². The molecule has 1 aromatic rings. The van der Waals surface area contributed by atoms with Crippen LogP contribution in [0.5, 0.6) is 0 Å². The fourth-order valence-corrected chi connectivity index (χ4v) is 2.73. The highest BCUT2D eigenvalue weighted by Gasteiger charge is 2.36. The highest BCUT2D eigenvalue weighted by Crippen LogP contribution is 2.19. The van der Waals surface area contributed by atoms with Crippen LogP contribution in [0.15, 0.2) is 24.3 Å². The first-order valence-corrected chi connectivity index (χ1v) is 7.85. The molecule has 1 atom stereocenters. The summed E-state index contributed by atoms with van der Waals surface area (Å²) in [6.07, 6.45) is -0.114. The van der Waals surface area contributed by atoms with Gasteiger partial charge in [0.1, 0.15) is 5.60 Å². The molecule has 24 heavy (non-hydrogen) atoms. The Morgan fingerprint density at radius 2 is 2.25 bits per heavy atom. The van der Waals surface area contributed by atoms with E-state index in [1.807, 2.05) is 6.07 Å². The molecule has 0 aromatic heterocycles. The van der Waals surface area contributed by atoms with E-state index in [2.05, 4.69) is 5.32 Å². The summed E-state index contributed by atoms with van der Waals surface area (Å²) in [5, 5.41) is 13.1. The molecule has 1 saturated heterocycles. The lowest BCUT2D eigenvalue weighted by atomic mass is 9.99. The maximum atomic E-state index is 12.8. The van der Waals surface area contributed by atoms with E-state index in [1.54, 1.807) is 25.3 Å². The molecule has 132 valence electrons. The van der Waals surface area contributed by atoms with Crippen molar-refractivity contribution in [1.82, 2.24) is 10.2 Å². The van der Waals surface area contributed by atoms with E-state index in [0.717, 1.165) is 5.56 Å². The summed E-state index contributed by atoms with van der Waals surface area (Å²) in [7, 11) is 3.10. The van der Waals surface area contributed by atoms with Crippen molar-refractivity contribution in [3.05, 3.63) is 35.4 Å². The SMILES string of the molecule is CNC(=O)CC1(O)COCCN(C(=O)c2cccc(COC)c2)C1. The molecule has 1 fully saturated rings. The third-order valence-corrected chi connectivity index (χ3v) is 3.90. The summed E-state index contributed by atoms with van der Waals surface area (Å²) in [6, 6.07) is 7.18. The van der Waals surface area contributed by atoms with Gasteiger partial charge in [0, 0.05) is 26.3 Å². The standard InChI is InChI=1S/C17H24N2O5/c1-18-15(20)9-17(22)11-19(6-7-24-12-17)16(21)14-5-3-4-13(8-14)10-23-2/h3-5,8,22H,6-7,9-12H2,1-2H3,(H,18,20). The highest BCUT2D eigenvalue weighted by molar-refractivity contribution is 5.94. The number of aliphatic hydroxyl groups is 1. The van der Waals surface area contributed by atoms with Crippen molar-refractivity contribution >= 4 is 11.8 Å². The van der Waals surface area contributed by atoms with Gasteiger partial charge in [-0.2, -0.15) is 0 Å². The van der Waals surface area contributed by atoms with E-state index < -0.39 is 5.60 Å². The van der Waals surface area contributed by atoms with E-state index in [4.69, 9.17) is 9.47 Å². The summed E-state index contributed by atoms with van der Waals surface area (Å²) in [5.74, 6) is -0.494. The van der Waals surface area contributed by atoms with Crippen molar-refractivity contribution in [2.24, 2.45) is 0 Å². The normalized spacial score (nSPS) is 21.2. The number of hydrogen-bond acceptors (Lipinski definition) is 5. The lowest BCUT2D eigenvalue weighted by Gasteiger charge is -2.30. The predicted molar refractivity (Wildman–Crippen MR) is 87.5 cm³/mol. The first kappa shape index (κ1) is 18.4. The Hall–Kier alpha value is -1.96. The molecular weight excluding hydrogens is 312 g/mol. The molecule has 2 amide bonds. The Bertz CT molecular complexity index is 592. The first-order chi connectivity index (χ1) is 11.5. The van der Waals surface area contributed by atoms with Crippen molar-refractivity contribution in [3.8, 4) is 0 Å². The number of nitrogens with zero attached hydrogens (tertiary/aromatic N) is 1. The molecular formula is C17H24N2O5. The largest absolute Gasteiger partial charge is 0.385 e. The number of benzene rings is 1. The van der Waals surface area contributed by atoms with Crippen molar-refractivity contribution in [3.63, 3.8) is 0 Å². The van der Waals surface area contributed by atoms with Crippen LogP contribution in [0.4, 0.5) is 0 Å². The van der Waals surface area contributed by atoms with Crippen LogP contribution in [0.2, 0.25) is 0 Å². The molecule has 1 aromatic carbocycles. The Morgan fingerprint density at radius 1 is 1.46 bits per heavy atom. The Morgan fingerprint density at radius 3 is 2.96 bits per heavy atom. The van der Waals surface area contributed by atoms with Crippen LogP contribution in [0, 0.1) is 0 Å². The van der Waals surface area contributed by atoms with E-state index >= 15 is 0 Å². The van der Waals surface area contributed by atoms with Crippen molar-refractivity contribution in [2.45, 2.75) is 18.6 Å². The average Bonchev–Trinajstić information content (AvgIpc) is 2.76. The predicted octanol–water partition coefficient (Wildman–Crippen LogP) is 0.173. The van der Waals surface area contributed by atoms with Crippen LogP contribution >= 0.6 is 0 Å². The number of amides is 2. The molecule has 1 heterocycles. The van der Waals surface area contributed by atoms with Gasteiger partial charge in [0.15, 0.2) is 0 Å². The van der Waals surface area contributed by atoms with Gasteiger partial charge in [-0.3, -0.25) is 9.59 Å². The number of carbonyl (C=O) groups is 2. The third-order valence-electron chi connectivity index (χ3n) is 3.90. The number of carbonyl (C=O) groups excluding carboxylic acids is 2. The maximum absolute atomic E-state index is 12.8. The molecule has 1 aliphatic heterocycles. The van der Waals surface area contributed by atoms with Crippen LogP contribution in [0.3, 0.4) is 0 Å². The van der Waals surface area contributed by atoms with Gasteiger partial charge in [-0.25, -0.2) is 0 Å². The van der Waals surface area contributed by atoms with E-state index in [0.29, 0.717) is 25.3 Å². The molecule has 7 heteroatoms. The summed E-state index contributed by atoms with van der Waals surface area (Å²) >= 11 is 0. The van der Waals surface area contributed by atoms with Gasteiger partial charge in [-0.1, -0.05) is 12.1 Å². The third kappa shape index (κ3) is 4.77. The zero-order valence-electron chi connectivity index (χ0n) is 14.1. The minimum atomic E-state index is -1.39. The smallest absolute Gasteiger partial charge is 0.254 e. The zero-order valence-corrected chi connectivity index (χ0v) is 14.1. The van der Waals surface area contributed by atoms with E-state index in [-0.39, 0.29) is 31.4 Å². The number of nitrogens with one attached hydrogen (secondary N) is 1. The number of hydrogen-bond donors (Lipinski definition) is 2. The molecule has 2 N–H and O–H groups in total. The fourth-order valence-electron chi connectivity index (χ4n) is 2.73. The fraction of sp³-hybridized carbons (Fsp3) is 0.529. The van der Waals surface area contributed by atoms with Gasteiger partial charge in [0.05, 0.1) is 32.8 Å². The van der Waals surface area contributed by atoms with Crippen molar-refractivity contribution in [2.75, 3.05) is 40.5 Å². The summed E-state index contributed by atoms with van der Waals surface area (Å²) < 4.78 is 10.5. The first-order valence-electron chi connectivity index (χ1n) is 7.85. The topological polar surface area (TPSA) is 88.1 Å². The van der Waals surface area contributed by atoms with Gasteiger partial charge in [-0.15, -0.1) is 0 Å². The Kier molecular flexibility index (Phi) is 6.30. The quantitative estimate of drug-likeness (QED) is 0.800. The van der Waals surface area contributed by atoms with Gasteiger partial charge >= 0.3 is 0 Å². The monoisotopic (exact) mass is 336 g/mol. The summed E-state index contributed by atoms with van der Waals surface area (Å²) in [4.78, 5) is 25.9. The number of methoxy groups -OCH3 is 1. The van der Waals surface area contributed by atoms with E-state index in [9.17, 15) is 14.7 Å². The van der Waals surface area contributed by atoms with Crippen LogP contribution in [0.1, 0.15) is 22.3 Å². The Balaban J connectivity index is 2.15. The molecule has 0 aliphatic carbocycles. The highest BCUT2D eigenvalue weighted by atomic mass is 16.5. The lowest BCUT2D eigenvalue weighted by Crippen LogP contribution is -2.49. The molecule has 1 unspecified atom stereocenters. The van der Waals surface area contributed by atoms with Crippen LogP contribution in [-0.4, -0.2) is 67.9 Å². The minimum Gasteiger partial charge on any atom is -0.385 e. The maximum Gasteiger partial charge on any atom is 0.254 e. The van der Waals surface area contributed by atoms with E-state index in [1.165, 1.54) is 11.9 Å². The molecule has 0 radical (unpaired) electrons. The summed E-state index contributed by atoms with van der Waals surface area (Å²) in [6.45, 7) is 1.18. The van der Waals surface area contributed by atoms with Crippen LogP contribution < -0.4 is 5.32 Å². The minimum absolute atomic E-state index is 0.0217. The molecule has 7 nitrogen and oxygen atoms in total. The molecule has 0 spiro atoms. The van der Waals surface area contributed by atoms with Gasteiger partial charge in [0.2, 0.25) is 5.91 Å². The number of β-amino-alcohol motifs (C(OH)–C–C–N with tert-alkyl or cyclic N) is 1. The molecule has 1 aliphatic rings.